The summed E-state index contributed by atoms with van der Waals surface area (Å²) in [5.41, 5.74) is 3.07. The molecule has 0 spiro atoms. The van der Waals surface area contributed by atoms with Crippen molar-refractivity contribution in [2.45, 2.75) is 39.2 Å². The fourth-order valence-corrected chi connectivity index (χ4v) is 5.40. The average Bonchev–Trinajstić information content (AvgIpc) is 3.84. The van der Waals surface area contributed by atoms with Crippen LogP contribution in [0, 0.1) is 25.5 Å². The number of Topliss-reactive ketones (excluding diaryl/α,β-unsaturated/α-hetero) is 1. The van der Waals surface area contributed by atoms with Crippen LogP contribution in [0.1, 0.15) is 46.1 Å². The van der Waals surface area contributed by atoms with E-state index in [-0.39, 0.29) is 35.4 Å². The summed E-state index contributed by atoms with van der Waals surface area (Å²) in [5.74, 6) is -0.745. The first-order valence-electron chi connectivity index (χ1n) is 14.1. The van der Waals surface area contributed by atoms with Gasteiger partial charge in [-0.15, -0.1) is 0 Å². The molecule has 0 radical (unpaired) electrons. The van der Waals surface area contributed by atoms with Crippen molar-refractivity contribution < 1.29 is 27.8 Å². The van der Waals surface area contributed by atoms with Crippen LogP contribution in [0.4, 0.5) is 8.78 Å². The lowest BCUT2D eigenvalue weighted by Gasteiger charge is -2.18. The molecular formula is C34H29F2N3O5. The molecule has 1 aliphatic carbocycles. The lowest BCUT2D eigenvalue weighted by Crippen LogP contribution is -2.23. The number of fused-ring (bicyclic) bond motifs is 1. The average molecular weight is 598 g/mol. The van der Waals surface area contributed by atoms with Crippen molar-refractivity contribution in [3.05, 3.63) is 105 Å². The van der Waals surface area contributed by atoms with Gasteiger partial charge >= 0.3 is 0 Å². The van der Waals surface area contributed by atoms with Gasteiger partial charge in [0.2, 0.25) is 0 Å². The number of halogens is 2. The number of ether oxygens (including phenoxy) is 3. The summed E-state index contributed by atoms with van der Waals surface area (Å²) in [6.45, 7) is 3.58. The molecule has 10 heteroatoms. The van der Waals surface area contributed by atoms with Crippen molar-refractivity contribution in [2.75, 3.05) is 14.2 Å². The number of pyridine rings is 3. The third-order valence-corrected chi connectivity index (χ3v) is 7.79. The quantitative estimate of drug-likeness (QED) is 0.170. The third-order valence-electron chi connectivity index (χ3n) is 7.79. The van der Waals surface area contributed by atoms with Crippen LogP contribution < -0.4 is 19.6 Å². The predicted octanol–water partition coefficient (Wildman–Crippen LogP) is 6.92. The van der Waals surface area contributed by atoms with E-state index in [1.165, 1.54) is 44.7 Å². The zero-order chi connectivity index (χ0) is 31.1. The second kappa shape index (κ2) is 11.5. The lowest BCUT2D eigenvalue weighted by atomic mass is 9.94. The van der Waals surface area contributed by atoms with E-state index in [4.69, 9.17) is 14.2 Å². The largest absolute Gasteiger partial charge is 0.491 e. The maximum absolute atomic E-state index is 15.3. The van der Waals surface area contributed by atoms with E-state index in [0.29, 0.717) is 39.0 Å². The molecule has 224 valence electrons. The van der Waals surface area contributed by atoms with Crippen molar-refractivity contribution in [1.82, 2.24) is 14.5 Å². The Hall–Kier alpha value is -5.12. The SMILES string of the molecule is COc1cc2nccc(Oc3ccc(CC(=O)c4cn(C5CC5)c(C)c(-c5ccc(F)cc5C)c4=O)cc3F)c2nc1OC. The maximum atomic E-state index is 15.3. The number of hydrogen-bond donors (Lipinski definition) is 0. The molecule has 1 fully saturated rings. The molecule has 0 N–H and O–H groups in total. The number of aryl methyl sites for hydroxylation is 1. The van der Waals surface area contributed by atoms with Gasteiger partial charge in [-0.3, -0.25) is 14.6 Å². The normalized spacial score (nSPS) is 12.8. The fraction of sp³-hybridized carbons (Fsp3) is 0.235. The van der Waals surface area contributed by atoms with Crippen LogP contribution >= 0.6 is 0 Å². The van der Waals surface area contributed by atoms with E-state index in [0.717, 1.165) is 18.5 Å². The topological polar surface area (TPSA) is 92.5 Å². The molecule has 2 aromatic carbocycles. The van der Waals surface area contributed by atoms with Gasteiger partial charge in [-0.2, -0.15) is 0 Å². The first kappa shape index (κ1) is 29.0. The van der Waals surface area contributed by atoms with Crippen LogP contribution in [0.2, 0.25) is 0 Å². The molecule has 44 heavy (non-hydrogen) atoms. The first-order chi connectivity index (χ1) is 21.2. The Bertz CT molecular complexity index is 2000. The Labute approximate surface area is 251 Å². The first-order valence-corrected chi connectivity index (χ1v) is 14.1. The maximum Gasteiger partial charge on any atom is 0.257 e. The van der Waals surface area contributed by atoms with Crippen molar-refractivity contribution in [3.63, 3.8) is 0 Å². The second-order valence-corrected chi connectivity index (χ2v) is 10.8. The Morgan fingerprint density at radius 3 is 2.45 bits per heavy atom. The highest BCUT2D eigenvalue weighted by Gasteiger charge is 2.29. The highest BCUT2D eigenvalue weighted by Crippen LogP contribution is 2.38. The Morgan fingerprint density at radius 1 is 0.977 bits per heavy atom. The summed E-state index contributed by atoms with van der Waals surface area (Å²) in [6.07, 6.45) is 4.80. The van der Waals surface area contributed by atoms with E-state index >= 15 is 4.39 Å². The molecule has 8 nitrogen and oxygen atoms in total. The van der Waals surface area contributed by atoms with E-state index in [1.54, 1.807) is 37.4 Å². The summed E-state index contributed by atoms with van der Waals surface area (Å²) in [7, 11) is 2.94. The van der Waals surface area contributed by atoms with Crippen LogP contribution in [0.15, 0.2) is 65.7 Å². The summed E-state index contributed by atoms with van der Waals surface area (Å²) < 4.78 is 47.5. The Kier molecular flexibility index (Phi) is 7.59. The minimum absolute atomic E-state index is 0.0145. The summed E-state index contributed by atoms with van der Waals surface area (Å²) in [5, 5.41) is 0. The summed E-state index contributed by atoms with van der Waals surface area (Å²) in [4.78, 5) is 36.0. The molecule has 0 bridgehead atoms. The van der Waals surface area contributed by atoms with Crippen LogP contribution in [0.3, 0.4) is 0 Å². The molecule has 3 heterocycles. The predicted molar refractivity (Wildman–Crippen MR) is 161 cm³/mol. The second-order valence-electron chi connectivity index (χ2n) is 10.8. The zero-order valence-electron chi connectivity index (χ0n) is 24.6. The smallest absolute Gasteiger partial charge is 0.257 e. The van der Waals surface area contributed by atoms with E-state index in [2.05, 4.69) is 9.97 Å². The number of hydrogen-bond acceptors (Lipinski definition) is 7. The molecule has 5 aromatic rings. The molecule has 0 unspecified atom stereocenters. The van der Waals surface area contributed by atoms with Crippen molar-refractivity contribution in [1.29, 1.82) is 0 Å². The van der Waals surface area contributed by atoms with Gasteiger partial charge in [-0.25, -0.2) is 13.8 Å². The van der Waals surface area contributed by atoms with Crippen LogP contribution in [-0.4, -0.2) is 34.5 Å². The fourth-order valence-electron chi connectivity index (χ4n) is 5.40. The van der Waals surface area contributed by atoms with E-state index < -0.39 is 22.8 Å². The van der Waals surface area contributed by atoms with Gasteiger partial charge in [0, 0.05) is 48.2 Å². The number of ketones is 1. The van der Waals surface area contributed by atoms with Crippen molar-refractivity contribution in [3.8, 4) is 34.3 Å². The molecule has 1 saturated carbocycles. The molecular weight excluding hydrogens is 568 g/mol. The third kappa shape index (κ3) is 5.39. The highest BCUT2D eigenvalue weighted by atomic mass is 19.1. The Balaban J connectivity index is 1.30. The standard InChI is InChI=1S/C34H29F2N3O5/c1-18-13-21(35)6-9-23(18)31-19(2)39(22-7-8-22)17-24(33(31)41)27(40)15-20-5-10-28(25(36)14-20)44-29-11-12-37-26-16-30(42-3)34(43-4)38-32(26)29/h5-6,9-14,16-17,22H,7-8,15H2,1-4H3. The van der Waals surface area contributed by atoms with Gasteiger partial charge in [0.1, 0.15) is 11.3 Å². The minimum atomic E-state index is -0.692. The van der Waals surface area contributed by atoms with Gasteiger partial charge in [-0.05, 0) is 67.6 Å². The molecule has 3 aromatic heterocycles. The van der Waals surface area contributed by atoms with Crippen LogP contribution in [0.25, 0.3) is 22.2 Å². The van der Waals surface area contributed by atoms with Gasteiger partial charge in [-0.1, -0.05) is 12.1 Å². The lowest BCUT2D eigenvalue weighted by molar-refractivity contribution is 0.0991. The van der Waals surface area contributed by atoms with Gasteiger partial charge in [0.05, 0.1) is 25.3 Å². The monoisotopic (exact) mass is 597 g/mol. The number of carbonyl (C=O) groups excluding carboxylic acids is 1. The van der Waals surface area contributed by atoms with Gasteiger partial charge < -0.3 is 18.8 Å². The van der Waals surface area contributed by atoms with E-state index in [9.17, 15) is 14.0 Å². The number of rotatable bonds is 9. The minimum Gasteiger partial charge on any atom is -0.491 e. The number of nitrogens with zero attached hydrogens (tertiary/aromatic N) is 3. The number of aromatic nitrogens is 3. The molecule has 0 amide bonds. The van der Waals surface area contributed by atoms with Gasteiger partial charge in [0.25, 0.3) is 5.88 Å². The van der Waals surface area contributed by atoms with Crippen LogP contribution in [0.5, 0.6) is 23.1 Å². The van der Waals surface area contributed by atoms with E-state index in [1.807, 2.05) is 11.5 Å². The molecule has 1 aliphatic rings. The van der Waals surface area contributed by atoms with Crippen molar-refractivity contribution in [2.24, 2.45) is 0 Å². The molecule has 0 aliphatic heterocycles. The van der Waals surface area contributed by atoms with Crippen LogP contribution in [-0.2, 0) is 6.42 Å². The van der Waals surface area contributed by atoms with Crippen molar-refractivity contribution >= 4 is 16.8 Å². The molecule has 0 atom stereocenters. The molecule has 6 rings (SSSR count). The number of carbonyl (C=O) groups is 1. The summed E-state index contributed by atoms with van der Waals surface area (Å²) in [6, 6.07) is 11.9. The van der Waals surface area contributed by atoms with Gasteiger partial charge in [0.15, 0.2) is 34.3 Å². The zero-order valence-corrected chi connectivity index (χ0v) is 24.6. The number of methoxy groups -OCH3 is 2. The Morgan fingerprint density at radius 2 is 1.77 bits per heavy atom. The molecule has 0 saturated heterocycles. The number of benzene rings is 2. The highest BCUT2D eigenvalue weighted by molar-refractivity contribution is 5.98. The summed E-state index contributed by atoms with van der Waals surface area (Å²) >= 11 is 0.